The third-order valence-electron chi connectivity index (χ3n) is 4.30. The Kier molecular flexibility index (Phi) is 3.64. The summed E-state index contributed by atoms with van der Waals surface area (Å²) in [5.74, 6) is 1.02. The summed E-state index contributed by atoms with van der Waals surface area (Å²) in [7, 11) is 1.68. The van der Waals surface area contributed by atoms with E-state index in [1.807, 2.05) is 13.0 Å². The van der Waals surface area contributed by atoms with Crippen molar-refractivity contribution in [2.75, 3.05) is 20.2 Å². The molecule has 100 valence electrons. The van der Waals surface area contributed by atoms with Crippen LogP contribution < -0.4 is 10.1 Å². The standard InChI is InChI=1S/C15H23NO2/c1-10-5-6-13(14(18-4)12(10)3)15(17)7-8-16-9-11(15)2/h5-6,11,16-17H,7-9H2,1-4H3. The molecule has 1 aromatic carbocycles. The van der Waals surface area contributed by atoms with Crippen molar-refractivity contribution in [3.8, 4) is 5.75 Å². The van der Waals surface area contributed by atoms with E-state index in [1.165, 1.54) is 5.56 Å². The van der Waals surface area contributed by atoms with Crippen LogP contribution in [0.2, 0.25) is 0 Å². The monoisotopic (exact) mass is 249 g/mol. The van der Waals surface area contributed by atoms with E-state index in [-0.39, 0.29) is 5.92 Å². The van der Waals surface area contributed by atoms with Gasteiger partial charge in [0.05, 0.1) is 12.7 Å². The van der Waals surface area contributed by atoms with E-state index < -0.39 is 5.60 Å². The number of hydrogen-bond acceptors (Lipinski definition) is 3. The maximum atomic E-state index is 11.0. The molecule has 0 amide bonds. The summed E-state index contributed by atoms with van der Waals surface area (Å²) in [6.07, 6.45) is 0.729. The van der Waals surface area contributed by atoms with E-state index in [0.29, 0.717) is 0 Å². The Morgan fingerprint density at radius 3 is 2.72 bits per heavy atom. The molecule has 1 aliphatic heterocycles. The number of aryl methyl sites for hydroxylation is 1. The molecule has 18 heavy (non-hydrogen) atoms. The smallest absolute Gasteiger partial charge is 0.128 e. The van der Waals surface area contributed by atoms with Gasteiger partial charge in [-0.3, -0.25) is 0 Å². The summed E-state index contributed by atoms with van der Waals surface area (Å²) in [5.41, 5.74) is 2.46. The van der Waals surface area contributed by atoms with Crippen LogP contribution in [0.3, 0.4) is 0 Å². The number of hydrogen-bond donors (Lipinski definition) is 2. The Balaban J connectivity index is 2.53. The highest BCUT2D eigenvalue weighted by atomic mass is 16.5. The van der Waals surface area contributed by atoms with E-state index in [2.05, 4.69) is 25.2 Å². The van der Waals surface area contributed by atoms with E-state index >= 15 is 0 Å². The molecule has 2 N–H and O–H groups in total. The van der Waals surface area contributed by atoms with Crippen molar-refractivity contribution in [2.24, 2.45) is 5.92 Å². The molecular weight excluding hydrogens is 226 g/mol. The number of piperidine rings is 1. The van der Waals surface area contributed by atoms with Crippen LogP contribution in [0.25, 0.3) is 0 Å². The zero-order valence-corrected chi connectivity index (χ0v) is 11.7. The lowest BCUT2D eigenvalue weighted by molar-refractivity contribution is -0.0409. The zero-order valence-electron chi connectivity index (χ0n) is 11.7. The molecule has 1 aromatic rings. The highest BCUT2D eigenvalue weighted by Crippen LogP contribution is 2.41. The molecule has 2 atom stereocenters. The summed E-state index contributed by atoms with van der Waals surface area (Å²) >= 11 is 0. The highest BCUT2D eigenvalue weighted by molar-refractivity contribution is 5.48. The molecule has 3 heteroatoms. The van der Waals surface area contributed by atoms with Crippen LogP contribution in [0, 0.1) is 19.8 Å². The molecule has 1 heterocycles. The van der Waals surface area contributed by atoms with Gasteiger partial charge in [0.1, 0.15) is 5.75 Å². The van der Waals surface area contributed by atoms with Gasteiger partial charge in [0, 0.05) is 18.0 Å². The number of ether oxygens (including phenoxy) is 1. The molecular formula is C15H23NO2. The predicted molar refractivity (Wildman–Crippen MR) is 73.0 cm³/mol. The number of benzene rings is 1. The van der Waals surface area contributed by atoms with Gasteiger partial charge in [-0.25, -0.2) is 0 Å². The van der Waals surface area contributed by atoms with Gasteiger partial charge in [-0.1, -0.05) is 19.1 Å². The third-order valence-corrected chi connectivity index (χ3v) is 4.30. The van der Waals surface area contributed by atoms with Crippen LogP contribution in [0.1, 0.15) is 30.0 Å². The Hall–Kier alpha value is -1.06. The van der Waals surface area contributed by atoms with Crippen molar-refractivity contribution in [2.45, 2.75) is 32.8 Å². The van der Waals surface area contributed by atoms with Gasteiger partial charge < -0.3 is 15.2 Å². The average molecular weight is 249 g/mol. The Morgan fingerprint density at radius 1 is 1.39 bits per heavy atom. The summed E-state index contributed by atoms with van der Waals surface area (Å²) < 4.78 is 5.54. The van der Waals surface area contributed by atoms with Crippen LogP contribution in [-0.4, -0.2) is 25.3 Å². The molecule has 2 rings (SSSR count). The molecule has 1 fully saturated rings. The zero-order chi connectivity index (χ0) is 13.3. The largest absolute Gasteiger partial charge is 0.496 e. The van der Waals surface area contributed by atoms with Crippen molar-refractivity contribution in [1.29, 1.82) is 0 Å². The van der Waals surface area contributed by atoms with Gasteiger partial charge >= 0.3 is 0 Å². The first-order valence-electron chi connectivity index (χ1n) is 6.58. The lowest BCUT2D eigenvalue weighted by Crippen LogP contribution is -2.47. The first kappa shape index (κ1) is 13.4. The van der Waals surface area contributed by atoms with Gasteiger partial charge in [-0.05, 0) is 37.9 Å². The Labute approximate surface area is 109 Å². The molecule has 0 spiro atoms. The molecule has 0 aromatic heterocycles. The lowest BCUT2D eigenvalue weighted by Gasteiger charge is -2.40. The van der Waals surface area contributed by atoms with Gasteiger partial charge in [-0.2, -0.15) is 0 Å². The second kappa shape index (κ2) is 4.90. The average Bonchev–Trinajstić information content (AvgIpc) is 2.36. The highest BCUT2D eigenvalue weighted by Gasteiger charge is 2.40. The molecule has 1 aliphatic rings. The number of aliphatic hydroxyl groups is 1. The fourth-order valence-electron chi connectivity index (χ4n) is 2.81. The summed E-state index contributed by atoms with van der Waals surface area (Å²) in [6, 6.07) is 4.09. The summed E-state index contributed by atoms with van der Waals surface area (Å²) in [6.45, 7) is 7.88. The minimum Gasteiger partial charge on any atom is -0.496 e. The Morgan fingerprint density at radius 2 is 2.11 bits per heavy atom. The van der Waals surface area contributed by atoms with Crippen LogP contribution in [0.4, 0.5) is 0 Å². The van der Waals surface area contributed by atoms with Crippen LogP contribution in [0.5, 0.6) is 5.75 Å². The van der Waals surface area contributed by atoms with Gasteiger partial charge in [0.25, 0.3) is 0 Å². The fourth-order valence-corrected chi connectivity index (χ4v) is 2.81. The fraction of sp³-hybridized carbons (Fsp3) is 0.600. The summed E-state index contributed by atoms with van der Waals surface area (Å²) in [5, 5.41) is 14.3. The Bertz CT molecular complexity index is 444. The molecule has 3 nitrogen and oxygen atoms in total. The van der Waals surface area contributed by atoms with E-state index in [9.17, 15) is 5.11 Å². The minimum atomic E-state index is -0.783. The first-order chi connectivity index (χ1) is 8.50. The minimum absolute atomic E-state index is 0.183. The second-order valence-corrected chi connectivity index (χ2v) is 5.37. The van der Waals surface area contributed by atoms with Gasteiger partial charge in [0.15, 0.2) is 0 Å². The van der Waals surface area contributed by atoms with Gasteiger partial charge in [-0.15, -0.1) is 0 Å². The van der Waals surface area contributed by atoms with Crippen molar-refractivity contribution in [3.63, 3.8) is 0 Å². The van der Waals surface area contributed by atoms with Crippen molar-refractivity contribution in [1.82, 2.24) is 5.32 Å². The SMILES string of the molecule is COc1c(C2(O)CCNCC2C)ccc(C)c1C. The van der Waals surface area contributed by atoms with Crippen molar-refractivity contribution >= 4 is 0 Å². The summed E-state index contributed by atoms with van der Waals surface area (Å²) in [4.78, 5) is 0. The number of nitrogens with one attached hydrogen (secondary N) is 1. The predicted octanol–water partition coefficient (Wildman–Crippen LogP) is 2.13. The molecule has 2 unspecified atom stereocenters. The van der Waals surface area contributed by atoms with Crippen LogP contribution >= 0.6 is 0 Å². The van der Waals surface area contributed by atoms with E-state index in [4.69, 9.17) is 4.74 Å². The van der Waals surface area contributed by atoms with E-state index in [0.717, 1.165) is 36.4 Å². The molecule has 0 saturated carbocycles. The molecule has 1 saturated heterocycles. The van der Waals surface area contributed by atoms with Crippen molar-refractivity contribution < 1.29 is 9.84 Å². The molecule has 0 radical (unpaired) electrons. The lowest BCUT2D eigenvalue weighted by atomic mass is 9.76. The van der Waals surface area contributed by atoms with Gasteiger partial charge in [0.2, 0.25) is 0 Å². The molecule has 0 aliphatic carbocycles. The third kappa shape index (κ3) is 2.02. The quantitative estimate of drug-likeness (QED) is 0.843. The van der Waals surface area contributed by atoms with Crippen LogP contribution in [-0.2, 0) is 5.60 Å². The maximum Gasteiger partial charge on any atom is 0.128 e. The number of methoxy groups -OCH3 is 1. The number of rotatable bonds is 2. The first-order valence-corrected chi connectivity index (χ1v) is 6.58. The topological polar surface area (TPSA) is 41.5 Å². The van der Waals surface area contributed by atoms with Crippen LogP contribution in [0.15, 0.2) is 12.1 Å². The van der Waals surface area contributed by atoms with Crippen molar-refractivity contribution in [3.05, 3.63) is 28.8 Å². The normalized spacial score (nSPS) is 28.2. The van der Waals surface area contributed by atoms with E-state index in [1.54, 1.807) is 7.11 Å². The second-order valence-electron chi connectivity index (χ2n) is 5.37. The molecule has 0 bridgehead atoms. The maximum absolute atomic E-state index is 11.0.